The smallest absolute Gasteiger partial charge is 0.182 e. The second-order valence-corrected chi connectivity index (χ2v) is 7.17. The largest absolute Gasteiger partial charge is 0.292 e. The summed E-state index contributed by atoms with van der Waals surface area (Å²) in [6, 6.07) is 10.4. The Labute approximate surface area is 141 Å². The second kappa shape index (κ2) is 6.41. The molecular formula is C17H15Br2NO. The average molecular weight is 409 g/mol. The summed E-state index contributed by atoms with van der Waals surface area (Å²) in [5.41, 5.74) is 3.26. The molecule has 0 bridgehead atoms. The number of rotatable bonds is 3. The van der Waals surface area contributed by atoms with Gasteiger partial charge in [-0.05, 0) is 74.2 Å². The van der Waals surface area contributed by atoms with Crippen LogP contribution < -0.4 is 0 Å². The normalized spacial score (nSPS) is 17.3. The van der Waals surface area contributed by atoms with Gasteiger partial charge in [0.1, 0.15) is 5.69 Å². The predicted octanol–water partition coefficient (Wildman–Crippen LogP) is 5.30. The number of pyridine rings is 1. The minimum atomic E-state index is 0.107. The number of fused-ring (bicyclic) bond motifs is 1. The Morgan fingerprint density at radius 2 is 2.10 bits per heavy atom. The molecule has 0 fully saturated rings. The Morgan fingerprint density at radius 3 is 2.90 bits per heavy atom. The minimum absolute atomic E-state index is 0.107. The lowest BCUT2D eigenvalue weighted by molar-refractivity contribution is 0.0965. The Kier molecular flexibility index (Phi) is 4.55. The molecule has 0 amide bonds. The van der Waals surface area contributed by atoms with Crippen molar-refractivity contribution in [3.05, 3.63) is 62.3 Å². The summed E-state index contributed by atoms with van der Waals surface area (Å²) in [7, 11) is 0. The fourth-order valence-electron chi connectivity index (χ4n) is 3.01. The summed E-state index contributed by atoms with van der Waals surface area (Å²) in [6.07, 6.45) is 5.57. The van der Waals surface area contributed by atoms with E-state index in [1.807, 2.05) is 6.07 Å². The maximum atomic E-state index is 12.5. The van der Waals surface area contributed by atoms with Gasteiger partial charge in [0.05, 0.1) is 0 Å². The molecule has 4 heteroatoms. The molecule has 1 aliphatic carbocycles. The van der Waals surface area contributed by atoms with Crippen LogP contribution in [0.2, 0.25) is 0 Å². The van der Waals surface area contributed by atoms with Crippen LogP contribution in [0, 0.1) is 0 Å². The lowest BCUT2D eigenvalue weighted by Gasteiger charge is -2.24. The molecule has 0 saturated carbocycles. The molecule has 1 aliphatic rings. The lowest BCUT2D eigenvalue weighted by Crippen LogP contribution is -2.15. The molecule has 0 N–H and O–H groups in total. The fraction of sp³-hybridized carbons (Fsp3) is 0.294. The first kappa shape index (κ1) is 14.9. The molecule has 1 unspecified atom stereocenters. The van der Waals surface area contributed by atoms with Crippen LogP contribution in [-0.4, -0.2) is 10.8 Å². The van der Waals surface area contributed by atoms with Crippen LogP contribution in [0.1, 0.15) is 46.8 Å². The fourth-order valence-corrected chi connectivity index (χ4v) is 4.22. The topological polar surface area (TPSA) is 30.0 Å². The average Bonchev–Trinajstić information content (AvgIpc) is 2.47. The molecule has 0 spiro atoms. The highest BCUT2D eigenvalue weighted by molar-refractivity contribution is 9.11. The van der Waals surface area contributed by atoms with Crippen LogP contribution in [0.3, 0.4) is 0 Å². The van der Waals surface area contributed by atoms with Gasteiger partial charge in [-0.25, -0.2) is 0 Å². The summed E-state index contributed by atoms with van der Waals surface area (Å²) in [5, 5.41) is 0. The van der Waals surface area contributed by atoms with Gasteiger partial charge in [-0.15, -0.1) is 0 Å². The molecule has 108 valence electrons. The highest BCUT2D eigenvalue weighted by Crippen LogP contribution is 2.35. The van der Waals surface area contributed by atoms with E-state index < -0.39 is 0 Å². The van der Waals surface area contributed by atoms with Gasteiger partial charge in [-0.3, -0.25) is 9.78 Å². The van der Waals surface area contributed by atoms with Gasteiger partial charge < -0.3 is 0 Å². The lowest BCUT2D eigenvalue weighted by atomic mass is 9.80. The van der Waals surface area contributed by atoms with Crippen molar-refractivity contribution < 1.29 is 4.79 Å². The van der Waals surface area contributed by atoms with Gasteiger partial charge in [0.25, 0.3) is 0 Å². The SMILES string of the molecule is O=C(CC1CCCc2ccccc21)c1ncc(Br)cc1Br. The minimum Gasteiger partial charge on any atom is -0.292 e. The van der Waals surface area contributed by atoms with Gasteiger partial charge in [-0.1, -0.05) is 24.3 Å². The number of halogens is 2. The molecule has 3 rings (SSSR count). The zero-order chi connectivity index (χ0) is 14.8. The van der Waals surface area contributed by atoms with Crippen LogP contribution in [0.4, 0.5) is 0 Å². The number of hydrogen-bond donors (Lipinski definition) is 0. The Hall–Kier alpha value is -1.00. The van der Waals surface area contributed by atoms with Gasteiger partial charge in [0.2, 0.25) is 0 Å². The van der Waals surface area contributed by atoms with E-state index >= 15 is 0 Å². The number of aryl methyl sites for hydroxylation is 1. The monoisotopic (exact) mass is 407 g/mol. The number of aromatic nitrogens is 1. The first-order valence-electron chi connectivity index (χ1n) is 7.07. The van der Waals surface area contributed by atoms with Crippen LogP contribution in [0.25, 0.3) is 0 Å². The molecule has 21 heavy (non-hydrogen) atoms. The van der Waals surface area contributed by atoms with Crippen molar-refractivity contribution in [1.29, 1.82) is 0 Å². The zero-order valence-corrected chi connectivity index (χ0v) is 14.7. The van der Waals surface area contributed by atoms with Gasteiger partial charge in [0, 0.05) is 21.6 Å². The Balaban J connectivity index is 1.83. The quantitative estimate of drug-likeness (QED) is 0.645. The van der Waals surface area contributed by atoms with Crippen molar-refractivity contribution in [2.75, 3.05) is 0 Å². The molecule has 0 saturated heterocycles. The number of ketones is 1. The molecule has 2 aromatic rings. The number of hydrogen-bond acceptors (Lipinski definition) is 2. The molecule has 1 aromatic carbocycles. The standard InChI is InChI=1S/C17H15Br2NO/c18-13-9-15(19)17(20-10-13)16(21)8-12-6-3-5-11-4-1-2-7-14(11)12/h1-2,4,7,9-10,12H,3,5-6,8H2. The molecular weight excluding hydrogens is 394 g/mol. The number of carbonyl (C=O) groups is 1. The van der Waals surface area contributed by atoms with E-state index in [4.69, 9.17) is 0 Å². The second-order valence-electron chi connectivity index (χ2n) is 5.40. The van der Waals surface area contributed by atoms with Crippen molar-refractivity contribution in [2.45, 2.75) is 31.6 Å². The van der Waals surface area contributed by atoms with Crippen LogP contribution in [0.15, 0.2) is 45.5 Å². The first-order valence-corrected chi connectivity index (χ1v) is 8.66. The van der Waals surface area contributed by atoms with Gasteiger partial charge in [-0.2, -0.15) is 0 Å². The number of benzene rings is 1. The van der Waals surface area contributed by atoms with Crippen molar-refractivity contribution in [2.24, 2.45) is 0 Å². The summed E-state index contributed by atoms with van der Waals surface area (Å²) >= 11 is 6.79. The molecule has 1 atom stereocenters. The summed E-state index contributed by atoms with van der Waals surface area (Å²) in [4.78, 5) is 16.8. The maximum Gasteiger partial charge on any atom is 0.182 e. The van der Waals surface area contributed by atoms with Crippen molar-refractivity contribution >= 4 is 37.6 Å². The van der Waals surface area contributed by atoms with E-state index in [1.165, 1.54) is 11.1 Å². The van der Waals surface area contributed by atoms with E-state index in [2.05, 4.69) is 61.1 Å². The van der Waals surface area contributed by atoms with Crippen LogP contribution in [-0.2, 0) is 6.42 Å². The molecule has 0 aliphatic heterocycles. The molecule has 2 nitrogen and oxygen atoms in total. The van der Waals surface area contributed by atoms with Gasteiger partial charge >= 0.3 is 0 Å². The third-order valence-corrected chi connectivity index (χ3v) is 5.04. The zero-order valence-electron chi connectivity index (χ0n) is 11.5. The number of carbonyl (C=O) groups excluding carboxylic acids is 1. The van der Waals surface area contributed by atoms with Crippen LogP contribution >= 0.6 is 31.9 Å². The Morgan fingerprint density at radius 1 is 1.29 bits per heavy atom. The van der Waals surface area contributed by atoms with E-state index in [-0.39, 0.29) is 5.78 Å². The molecule has 1 aromatic heterocycles. The van der Waals surface area contributed by atoms with Crippen molar-refractivity contribution in [1.82, 2.24) is 4.98 Å². The van der Waals surface area contributed by atoms with Gasteiger partial charge in [0.15, 0.2) is 5.78 Å². The molecule has 0 radical (unpaired) electrons. The van der Waals surface area contributed by atoms with Crippen molar-refractivity contribution in [3.63, 3.8) is 0 Å². The first-order chi connectivity index (χ1) is 10.1. The Bertz CT molecular complexity index is 684. The summed E-state index contributed by atoms with van der Waals surface area (Å²) in [5.74, 6) is 0.427. The summed E-state index contributed by atoms with van der Waals surface area (Å²) in [6.45, 7) is 0. The maximum absolute atomic E-state index is 12.5. The third-order valence-electron chi connectivity index (χ3n) is 4.00. The number of nitrogens with zero attached hydrogens (tertiary/aromatic N) is 1. The van der Waals surface area contributed by atoms with E-state index in [9.17, 15) is 4.79 Å². The van der Waals surface area contributed by atoms with Crippen LogP contribution in [0.5, 0.6) is 0 Å². The highest BCUT2D eigenvalue weighted by atomic mass is 79.9. The van der Waals surface area contributed by atoms with E-state index in [1.54, 1.807) is 6.20 Å². The number of Topliss-reactive ketones (excluding diaryl/α,β-unsaturated/α-hetero) is 1. The highest BCUT2D eigenvalue weighted by Gasteiger charge is 2.24. The van der Waals surface area contributed by atoms with Crippen molar-refractivity contribution in [3.8, 4) is 0 Å². The van der Waals surface area contributed by atoms with E-state index in [0.29, 0.717) is 18.0 Å². The predicted molar refractivity (Wildman–Crippen MR) is 90.7 cm³/mol. The summed E-state index contributed by atoms with van der Waals surface area (Å²) < 4.78 is 1.62. The third kappa shape index (κ3) is 3.27. The molecule has 1 heterocycles. The van der Waals surface area contributed by atoms with E-state index in [0.717, 1.165) is 28.2 Å².